The van der Waals surface area contributed by atoms with E-state index in [1.165, 1.54) is 19.3 Å². The molecule has 5 heteroatoms. The van der Waals surface area contributed by atoms with Crippen LogP contribution in [0.4, 0.5) is 5.69 Å². The number of hydrogen-bond donors (Lipinski definition) is 1. The van der Waals surface area contributed by atoms with Gasteiger partial charge in [-0.05, 0) is 44.0 Å². The zero-order valence-electron chi connectivity index (χ0n) is 14.7. The predicted molar refractivity (Wildman–Crippen MR) is 95.1 cm³/mol. The number of carbonyl (C=O) groups is 2. The molecule has 2 amide bonds. The maximum atomic E-state index is 12.2. The molecule has 0 aliphatic heterocycles. The van der Waals surface area contributed by atoms with E-state index in [0.29, 0.717) is 25.6 Å². The lowest BCUT2D eigenvalue weighted by Gasteiger charge is -2.33. The molecule has 0 aromatic heterocycles. The third-order valence-corrected chi connectivity index (χ3v) is 4.45. The van der Waals surface area contributed by atoms with Gasteiger partial charge in [0, 0.05) is 31.6 Å². The fourth-order valence-corrected chi connectivity index (χ4v) is 3.24. The van der Waals surface area contributed by atoms with Crippen LogP contribution in [-0.4, -0.2) is 35.9 Å². The Bertz CT molecular complexity index is 536. The lowest BCUT2D eigenvalue weighted by Crippen LogP contribution is -2.41. The van der Waals surface area contributed by atoms with Crippen molar-refractivity contribution in [1.29, 1.82) is 0 Å². The highest BCUT2D eigenvalue weighted by Crippen LogP contribution is 2.23. The van der Waals surface area contributed by atoms with Crippen molar-refractivity contribution in [3.8, 4) is 5.75 Å². The van der Waals surface area contributed by atoms with E-state index in [1.807, 2.05) is 36.1 Å². The molecule has 2 rings (SSSR count). The highest BCUT2D eigenvalue weighted by atomic mass is 16.5. The van der Waals surface area contributed by atoms with Gasteiger partial charge in [-0.15, -0.1) is 0 Å². The van der Waals surface area contributed by atoms with Crippen molar-refractivity contribution < 1.29 is 14.3 Å². The number of anilines is 1. The number of nitrogens with zero attached hydrogens (tertiary/aromatic N) is 1. The normalized spacial score (nSPS) is 14.9. The second kappa shape index (κ2) is 9.30. The van der Waals surface area contributed by atoms with Crippen molar-refractivity contribution in [3.05, 3.63) is 24.3 Å². The first-order valence-corrected chi connectivity index (χ1v) is 8.90. The number of rotatable bonds is 7. The number of hydrogen-bond acceptors (Lipinski definition) is 3. The van der Waals surface area contributed by atoms with Gasteiger partial charge in [0.05, 0.1) is 6.61 Å². The molecule has 0 bridgehead atoms. The molecule has 1 aromatic rings. The van der Waals surface area contributed by atoms with E-state index in [-0.39, 0.29) is 11.8 Å². The summed E-state index contributed by atoms with van der Waals surface area (Å²) in [6, 6.07) is 7.63. The van der Waals surface area contributed by atoms with Crippen LogP contribution >= 0.6 is 0 Å². The van der Waals surface area contributed by atoms with Gasteiger partial charge in [-0.25, -0.2) is 0 Å². The minimum Gasteiger partial charge on any atom is -0.494 e. The molecule has 1 aromatic carbocycles. The SMILES string of the molecule is CCOc1ccc(NC(=O)CCN(C(C)=O)C2CCCCC2)cc1. The smallest absolute Gasteiger partial charge is 0.226 e. The first kappa shape index (κ1) is 18.3. The van der Waals surface area contributed by atoms with Crippen LogP contribution in [0, 0.1) is 0 Å². The summed E-state index contributed by atoms with van der Waals surface area (Å²) in [7, 11) is 0. The van der Waals surface area contributed by atoms with Crippen LogP contribution < -0.4 is 10.1 Å². The minimum absolute atomic E-state index is 0.0655. The van der Waals surface area contributed by atoms with Crippen LogP contribution in [0.3, 0.4) is 0 Å². The third kappa shape index (κ3) is 5.55. The molecule has 0 heterocycles. The molecule has 1 aliphatic carbocycles. The molecule has 1 N–H and O–H groups in total. The summed E-state index contributed by atoms with van der Waals surface area (Å²) in [4.78, 5) is 25.9. The molecular formula is C19H28N2O3. The first-order chi connectivity index (χ1) is 11.6. The largest absolute Gasteiger partial charge is 0.494 e. The van der Waals surface area contributed by atoms with Crippen molar-refractivity contribution in [3.63, 3.8) is 0 Å². The van der Waals surface area contributed by atoms with Crippen molar-refractivity contribution >= 4 is 17.5 Å². The zero-order chi connectivity index (χ0) is 17.4. The molecule has 0 atom stereocenters. The Kier molecular flexibility index (Phi) is 7.09. The molecule has 24 heavy (non-hydrogen) atoms. The summed E-state index contributed by atoms with van der Waals surface area (Å²) in [5.41, 5.74) is 0.746. The average Bonchev–Trinajstić information content (AvgIpc) is 2.58. The summed E-state index contributed by atoms with van der Waals surface area (Å²) < 4.78 is 5.38. The predicted octanol–water partition coefficient (Wildman–Crippen LogP) is 3.60. The topological polar surface area (TPSA) is 58.6 Å². The molecule has 0 unspecified atom stereocenters. The fraction of sp³-hybridized carbons (Fsp3) is 0.579. The van der Waals surface area contributed by atoms with E-state index in [2.05, 4.69) is 5.32 Å². The molecule has 0 spiro atoms. The summed E-state index contributed by atoms with van der Waals surface area (Å²) >= 11 is 0. The third-order valence-electron chi connectivity index (χ3n) is 4.45. The summed E-state index contributed by atoms with van der Waals surface area (Å²) in [6.07, 6.45) is 6.03. The Hall–Kier alpha value is -2.04. The van der Waals surface area contributed by atoms with Crippen LogP contribution in [0.15, 0.2) is 24.3 Å². The molecule has 1 saturated carbocycles. The maximum absolute atomic E-state index is 12.2. The van der Waals surface area contributed by atoms with Crippen LogP contribution in [0.25, 0.3) is 0 Å². The Morgan fingerprint density at radius 2 is 1.83 bits per heavy atom. The second-order valence-electron chi connectivity index (χ2n) is 6.26. The van der Waals surface area contributed by atoms with E-state index >= 15 is 0 Å². The monoisotopic (exact) mass is 332 g/mol. The molecular weight excluding hydrogens is 304 g/mol. The fourth-order valence-electron chi connectivity index (χ4n) is 3.24. The van der Waals surface area contributed by atoms with Crippen LogP contribution in [0.1, 0.15) is 52.4 Å². The van der Waals surface area contributed by atoms with Gasteiger partial charge in [0.2, 0.25) is 11.8 Å². The number of carbonyl (C=O) groups excluding carboxylic acids is 2. The van der Waals surface area contributed by atoms with E-state index in [0.717, 1.165) is 24.3 Å². The number of ether oxygens (including phenoxy) is 1. The van der Waals surface area contributed by atoms with Crippen LogP contribution in [-0.2, 0) is 9.59 Å². The lowest BCUT2D eigenvalue weighted by atomic mass is 9.94. The van der Waals surface area contributed by atoms with E-state index in [4.69, 9.17) is 4.74 Å². The standard InChI is InChI=1S/C19H28N2O3/c1-3-24-18-11-9-16(10-12-18)20-19(23)13-14-21(15(2)22)17-7-5-4-6-8-17/h9-12,17H,3-8,13-14H2,1-2H3,(H,20,23). The van der Waals surface area contributed by atoms with Crippen LogP contribution in [0.2, 0.25) is 0 Å². The number of benzene rings is 1. The highest BCUT2D eigenvalue weighted by Gasteiger charge is 2.23. The number of nitrogens with one attached hydrogen (secondary N) is 1. The lowest BCUT2D eigenvalue weighted by molar-refractivity contribution is -0.132. The summed E-state index contributed by atoms with van der Waals surface area (Å²) in [5.74, 6) is 0.785. The van der Waals surface area contributed by atoms with Gasteiger partial charge in [0.25, 0.3) is 0 Å². The van der Waals surface area contributed by atoms with Gasteiger partial charge in [0.1, 0.15) is 5.75 Å². The van der Waals surface area contributed by atoms with Gasteiger partial charge in [0.15, 0.2) is 0 Å². The van der Waals surface area contributed by atoms with E-state index in [1.54, 1.807) is 6.92 Å². The van der Waals surface area contributed by atoms with Crippen molar-refractivity contribution in [2.24, 2.45) is 0 Å². The van der Waals surface area contributed by atoms with E-state index in [9.17, 15) is 9.59 Å². The quantitative estimate of drug-likeness (QED) is 0.830. The Labute approximate surface area is 144 Å². The summed E-state index contributed by atoms with van der Waals surface area (Å²) in [5, 5.41) is 2.88. The van der Waals surface area contributed by atoms with Crippen molar-refractivity contribution in [2.45, 2.75) is 58.4 Å². The van der Waals surface area contributed by atoms with Gasteiger partial charge < -0.3 is 15.0 Å². The molecule has 5 nitrogen and oxygen atoms in total. The highest BCUT2D eigenvalue weighted by molar-refractivity contribution is 5.91. The van der Waals surface area contributed by atoms with Gasteiger partial charge in [-0.3, -0.25) is 9.59 Å². The zero-order valence-corrected chi connectivity index (χ0v) is 14.7. The van der Waals surface area contributed by atoms with Gasteiger partial charge in [-0.2, -0.15) is 0 Å². The Morgan fingerprint density at radius 1 is 1.17 bits per heavy atom. The Morgan fingerprint density at radius 3 is 2.42 bits per heavy atom. The minimum atomic E-state index is -0.0683. The van der Waals surface area contributed by atoms with Crippen molar-refractivity contribution in [2.75, 3.05) is 18.5 Å². The maximum Gasteiger partial charge on any atom is 0.226 e. The Balaban J connectivity index is 1.83. The van der Waals surface area contributed by atoms with Crippen molar-refractivity contribution in [1.82, 2.24) is 4.90 Å². The molecule has 0 radical (unpaired) electrons. The first-order valence-electron chi connectivity index (χ1n) is 8.90. The van der Waals surface area contributed by atoms with Gasteiger partial charge >= 0.3 is 0 Å². The molecule has 1 fully saturated rings. The summed E-state index contributed by atoms with van der Waals surface area (Å²) in [6.45, 7) is 4.64. The van der Waals surface area contributed by atoms with E-state index < -0.39 is 0 Å². The van der Waals surface area contributed by atoms with Crippen LogP contribution in [0.5, 0.6) is 5.75 Å². The number of amides is 2. The van der Waals surface area contributed by atoms with Gasteiger partial charge in [-0.1, -0.05) is 19.3 Å². The molecule has 132 valence electrons. The molecule has 1 aliphatic rings. The average molecular weight is 332 g/mol. The molecule has 0 saturated heterocycles. The second-order valence-corrected chi connectivity index (χ2v) is 6.26.